The van der Waals surface area contributed by atoms with E-state index in [1.165, 1.54) is 32.7 Å². The number of amides is 1. The molecule has 2 heterocycles. The number of carbonyl (C=O) groups is 2. The molecule has 27 heavy (non-hydrogen) atoms. The van der Waals surface area contributed by atoms with Crippen LogP contribution in [0.3, 0.4) is 0 Å². The summed E-state index contributed by atoms with van der Waals surface area (Å²) in [7, 11) is 4.28. The number of fused-ring (bicyclic) bond motifs is 1. The van der Waals surface area contributed by atoms with Gasteiger partial charge in [0.05, 0.1) is 26.4 Å². The first-order chi connectivity index (χ1) is 13.0. The number of methoxy groups -OCH3 is 3. The summed E-state index contributed by atoms with van der Waals surface area (Å²) in [5.41, 5.74) is 0.640. The Labute approximate surface area is 164 Å². The highest BCUT2D eigenvalue weighted by molar-refractivity contribution is 7.16. The first-order valence-corrected chi connectivity index (χ1v) is 9.10. The van der Waals surface area contributed by atoms with E-state index < -0.39 is 5.97 Å². The minimum Gasteiger partial charge on any atom is -0.497 e. The molecule has 0 atom stereocenters. The molecule has 1 amide bonds. The molecule has 1 N–H and O–H groups in total. The van der Waals surface area contributed by atoms with Crippen molar-refractivity contribution in [3.63, 3.8) is 0 Å². The van der Waals surface area contributed by atoms with Gasteiger partial charge in [-0.05, 0) is 17.5 Å². The van der Waals surface area contributed by atoms with E-state index >= 15 is 0 Å². The van der Waals surface area contributed by atoms with E-state index in [0.29, 0.717) is 22.9 Å². The molecule has 0 spiro atoms. The summed E-state index contributed by atoms with van der Waals surface area (Å²) < 4.78 is 16.9. The number of nitrogens with one attached hydrogen (secondary N) is 1. The number of benzene rings is 1. The van der Waals surface area contributed by atoms with Crippen molar-refractivity contribution in [1.82, 2.24) is 4.57 Å². The average molecular weight is 409 g/mol. The third-order valence-corrected chi connectivity index (χ3v) is 5.20. The summed E-state index contributed by atoms with van der Waals surface area (Å²) in [6.45, 7) is -0.0834. The van der Waals surface area contributed by atoms with Gasteiger partial charge < -0.3 is 24.1 Å². The molecular formula is C18H17ClN2O5S. The number of halogens is 1. The van der Waals surface area contributed by atoms with Gasteiger partial charge in [0.1, 0.15) is 34.3 Å². The molecule has 142 valence electrons. The smallest absolute Gasteiger partial charge is 0.354 e. The van der Waals surface area contributed by atoms with Crippen molar-refractivity contribution in [2.45, 2.75) is 6.54 Å². The molecule has 7 nitrogen and oxygen atoms in total. The molecule has 0 saturated carbocycles. The van der Waals surface area contributed by atoms with Gasteiger partial charge in [-0.25, -0.2) is 4.79 Å². The molecule has 3 aromatic rings. The number of esters is 1. The van der Waals surface area contributed by atoms with Crippen LogP contribution in [0.15, 0.2) is 29.6 Å². The maximum atomic E-state index is 12.7. The molecule has 2 aromatic heterocycles. The summed E-state index contributed by atoms with van der Waals surface area (Å²) in [4.78, 5) is 25.5. The lowest BCUT2D eigenvalue weighted by Gasteiger charge is -2.14. The Balaban J connectivity index is 1.90. The van der Waals surface area contributed by atoms with Crippen molar-refractivity contribution in [3.05, 3.63) is 40.4 Å². The highest BCUT2D eigenvalue weighted by atomic mass is 35.5. The maximum absolute atomic E-state index is 12.7. The van der Waals surface area contributed by atoms with Gasteiger partial charge in [0.2, 0.25) is 5.91 Å². The van der Waals surface area contributed by atoms with Gasteiger partial charge in [0.15, 0.2) is 0 Å². The van der Waals surface area contributed by atoms with Crippen molar-refractivity contribution < 1.29 is 23.8 Å². The molecule has 0 aliphatic rings. The number of aromatic nitrogens is 1. The zero-order valence-corrected chi connectivity index (χ0v) is 16.4. The summed E-state index contributed by atoms with van der Waals surface area (Å²) in [6.07, 6.45) is 0. The number of hydrogen-bond donors (Lipinski definition) is 1. The van der Waals surface area contributed by atoms with E-state index in [1.54, 1.807) is 22.8 Å². The van der Waals surface area contributed by atoms with Crippen molar-refractivity contribution >= 4 is 50.7 Å². The zero-order valence-electron chi connectivity index (χ0n) is 14.9. The summed E-state index contributed by atoms with van der Waals surface area (Å²) in [5.74, 6) is 0.00544. The third-order valence-electron chi connectivity index (χ3n) is 3.95. The summed E-state index contributed by atoms with van der Waals surface area (Å²) >= 11 is 7.68. The van der Waals surface area contributed by atoms with Crippen molar-refractivity contribution in [3.8, 4) is 11.5 Å². The normalized spacial score (nSPS) is 10.7. The van der Waals surface area contributed by atoms with Crippen LogP contribution in [-0.4, -0.2) is 37.8 Å². The Kier molecular flexibility index (Phi) is 5.57. The van der Waals surface area contributed by atoms with Gasteiger partial charge in [-0.3, -0.25) is 4.79 Å². The van der Waals surface area contributed by atoms with E-state index in [-0.39, 0.29) is 17.5 Å². The fourth-order valence-electron chi connectivity index (χ4n) is 2.69. The highest BCUT2D eigenvalue weighted by Gasteiger charge is 2.20. The minimum atomic E-state index is -0.508. The van der Waals surface area contributed by atoms with Crippen LogP contribution in [0.25, 0.3) is 10.2 Å². The number of thiophene rings is 1. The maximum Gasteiger partial charge on any atom is 0.354 e. The predicted molar refractivity (Wildman–Crippen MR) is 104 cm³/mol. The number of nitrogens with zero attached hydrogens (tertiary/aromatic N) is 1. The number of carbonyl (C=O) groups excluding carboxylic acids is 2. The second-order valence-electron chi connectivity index (χ2n) is 5.52. The minimum absolute atomic E-state index is 0.0834. The molecule has 1 aromatic carbocycles. The van der Waals surface area contributed by atoms with Crippen molar-refractivity contribution in [1.29, 1.82) is 0 Å². The standard InChI is InChI=1S/C18H17ClN2O5S/c1-24-11-7-12(19)16(14(8-11)25-2)20-15(22)9-21-13(18(23)26-3)6-10-4-5-27-17(10)21/h4-8H,9H2,1-3H3,(H,20,22). The van der Waals surface area contributed by atoms with Crippen LogP contribution in [0.1, 0.15) is 10.5 Å². The lowest BCUT2D eigenvalue weighted by Crippen LogP contribution is -2.22. The van der Waals surface area contributed by atoms with Crippen LogP contribution >= 0.6 is 22.9 Å². The fraction of sp³-hybridized carbons (Fsp3) is 0.222. The number of ether oxygens (including phenoxy) is 3. The van der Waals surface area contributed by atoms with Crippen LogP contribution in [0.2, 0.25) is 5.02 Å². The molecule has 0 saturated heterocycles. The fourth-order valence-corrected chi connectivity index (χ4v) is 3.83. The Hall–Kier alpha value is -2.71. The SMILES string of the molecule is COC(=O)c1cc2ccsc2n1CC(=O)Nc1c(Cl)cc(OC)cc1OC. The van der Waals surface area contributed by atoms with Crippen LogP contribution < -0.4 is 14.8 Å². The van der Waals surface area contributed by atoms with Gasteiger partial charge >= 0.3 is 5.97 Å². The lowest BCUT2D eigenvalue weighted by atomic mass is 10.2. The first-order valence-electron chi connectivity index (χ1n) is 7.85. The second-order valence-corrected chi connectivity index (χ2v) is 6.82. The molecular weight excluding hydrogens is 392 g/mol. The monoisotopic (exact) mass is 408 g/mol. The van der Waals surface area contributed by atoms with Gasteiger partial charge in [0, 0.05) is 17.5 Å². The lowest BCUT2D eigenvalue weighted by molar-refractivity contribution is -0.116. The summed E-state index contributed by atoms with van der Waals surface area (Å²) in [5, 5.41) is 5.78. The van der Waals surface area contributed by atoms with E-state index in [9.17, 15) is 9.59 Å². The molecule has 3 rings (SSSR count). The van der Waals surface area contributed by atoms with E-state index in [4.69, 9.17) is 25.8 Å². The van der Waals surface area contributed by atoms with Crippen LogP contribution in [0, 0.1) is 0 Å². The summed E-state index contributed by atoms with van der Waals surface area (Å²) in [6, 6.07) is 6.78. The zero-order chi connectivity index (χ0) is 19.6. The van der Waals surface area contributed by atoms with Crippen molar-refractivity contribution in [2.75, 3.05) is 26.6 Å². The van der Waals surface area contributed by atoms with Gasteiger partial charge in [-0.2, -0.15) is 0 Å². The van der Waals surface area contributed by atoms with Gasteiger partial charge in [-0.1, -0.05) is 11.6 Å². The number of anilines is 1. The molecule has 0 bridgehead atoms. The Morgan fingerprint density at radius 3 is 2.63 bits per heavy atom. The Bertz CT molecular complexity index is 1010. The van der Waals surface area contributed by atoms with E-state index in [1.807, 2.05) is 11.4 Å². The Morgan fingerprint density at radius 2 is 1.96 bits per heavy atom. The Morgan fingerprint density at radius 1 is 1.19 bits per heavy atom. The number of rotatable bonds is 6. The molecule has 9 heteroatoms. The quantitative estimate of drug-likeness (QED) is 0.627. The number of hydrogen-bond acceptors (Lipinski definition) is 6. The van der Waals surface area contributed by atoms with Crippen LogP contribution in [0.4, 0.5) is 5.69 Å². The molecule has 0 radical (unpaired) electrons. The first kappa shape index (κ1) is 19.1. The van der Waals surface area contributed by atoms with Crippen LogP contribution in [-0.2, 0) is 16.1 Å². The molecule has 0 aliphatic carbocycles. The van der Waals surface area contributed by atoms with Gasteiger partial charge in [-0.15, -0.1) is 11.3 Å². The van der Waals surface area contributed by atoms with Crippen LogP contribution in [0.5, 0.6) is 11.5 Å². The molecule has 0 unspecified atom stereocenters. The molecule has 0 fully saturated rings. The third kappa shape index (κ3) is 3.72. The average Bonchev–Trinajstić information content (AvgIpc) is 3.25. The van der Waals surface area contributed by atoms with E-state index in [2.05, 4.69) is 5.32 Å². The predicted octanol–water partition coefficient (Wildman–Crippen LogP) is 3.80. The van der Waals surface area contributed by atoms with Gasteiger partial charge in [0.25, 0.3) is 0 Å². The second kappa shape index (κ2) is 7.89. The van der Waals surface area contributed by atoms with Crippen molar-refractivity contribution in [2.24, 2.45) is 0 Å². The topological polar surface area (TPSA) is 78.8 Å². The van der Waals surface area contributed by atoms with E-state index in [0.717, 1.165) is 10.2 Å². The largest absolute Gasteiger partial charge is 0.497 e. The molecule has 0 aliphatic heterocycles. The highest BCUT2D eigenvalue weighted by Crippen LogP contribution is 2.37.